The predicted molar refractivity (Wildman–Crippen MR) is 116 cm³/mol. The molecule has 0 radical (unpaired) electrons. The molecule has 0 spiro atoms. The molecule has 0 N–H and O–H groups in total. The highest BCUT2D eigenvalue weighted by Crippen LogP contribution is 2.49. The van der Waals surface area contributed by atoms with Crippen molar-refractivity contribution >= 4 is 0 Å². The molecule has 144 valence electrons. The van der Waals surface area contributed by atoms with Gasteiger partial charge in [-0.25, -0.2) is 4.57 Å². The van der Waals surface area contributed by atoms with E-state index in [4.69, 9.17) is 8.85 Å². The number of nitrogens with zero attached hydrogens (tertiary/aromatic N) is 1. The fraction of sp³-hybridized carbons (Fsp3) is 0.346. The van der Waals surface area contributed by atoms with Crippen LogP contribution in [0.1, 0.15) is 48.5 Å². The van der Waals surface area contributed by atoms with E-state index in [0.29, 0.717) is 11.1 Å². The van der Waals surface area contributed by atoms with Crippen LogP contribution in [0.25, 0.3) is 22.4 Å². The van der Waals surface area contributed by atoms with Crippen LogP contribution in [0.3, 0.4) is 0 Å². The molecule has 4 rings (SSSR count). The van der Waals surface area contributed by atoms with E-state index in [1.807, 2.05) is 41.9 Å². The molecule has 0 bridgehead atoms. The minimum atomic E-state index is -2.23. The maximum Gasteiger partial charge on any atom is 0.213 e. The molecular weight excluding hydrogens is 342 g/mol. The van der Waals surface area contributed by atoms with Crippen molar-refractivity contribution in [2.45, 2.75) is 52.5 Å². The molecule has 0 amide bonds. The lowest BCUT2D eigenvalue weighted by molar-refractivity contribution is -0.660. The van der Waals surface area contributed by atoms with Gasteiger partial charge in [0.05, 0.1) is 0 Å². The first-order chi connectivity index (χ1) is 14.3. The van der Waals surface area contributed by atoms with Crippen molar-refractivity contribution < 1.29 is 13.4 Å². The van der Waals surface area contributed by atoms with Gasteiger partial charge in [0.1, 0.15) is 18.4 Å². The molecule has 1 aliphatic heterocycles. The van der Waals surface area contributed by atoms with E-state index in [0.717, 1.165) is 33.7 Å². The van der Waals surface area contributed by atoms with E-state index in [1.165, 1.54) is 0 Å². The summed E-state index contributed by atoms with van der Waals surface area (Å²) in [5, 5.41) is 0. The molecule has 0 atom stereocenters. The fourth-order valence-corrected chi connectivity index (χ4v) is 4.03. The first kappa shape index (κ1) is 15.3. The monoisotopic (exact) mass is 375 g/mol. The van der Waals surface area contributed by atoms with Gasteiger partial charge in [-0.05, 0) is 56.4 Å². The normalized spacial score (nSPS) is 18.6. The summed E-state index contributed by atoms with van der Waals surface area (Å²) in [5.74, 6) is 0.828. The molecule has 0 saturated heterocycles. The van der Waals surface area contributed by atoms with Crippen molar-refractivity contribution in [3.05, 3.63) is 71.4 Å². The molecule has 1 aliphatic rings. The zero-order valence-electron chi connectivity index (χ0n) is 20.6. The lowest BCUT2D eigenvalue weighted by Crippen LogP contribution is -2.41. The topological polar surface area (TPSA) is 13.1 Å². The molecule has 0 fully saturated rings. The maximum absolute atomic E-state index is 8.15. The summed E-state index contributed by atoms with van der Waals surface area (Å²) in [5.41, 5.74) is 5.79. The van der Waals surface area contributed by atoms with E-state index in [-0.39, 0.29) is 11.0 Å². The van der Waals surface area contributed by atoms with Crippen LogP contribution in [-0.2, 0) is 12.5 Å². The molecule has 2 heteroatoms. The summed E-state index contributed by atoms with van der Waals surface area (Å²) < 4.78 is 32.7. The van der Waals surface area contributed by atoms with Gasteiger partial charge < -0.3 is 4.74 Å². The van der Waals surface area contributed by atoms with Crippen molar-refractivity contribution in [2.75, 3.05) is 0 Å². The SMILES string of the molecule is [2H]C([2H])([2H])c1c[n+](C)c(-c2ccccc2C)cc1-c1ccc2c(c1)OC(C)(C)C2(C)C. The molecule has 2 nitrogen and oxygen atoms in total. The summed E-state index contributed by atoms with van der Waals surface area (Å²) in [6, 6.07) is 16.3. The van der Waals surface area contributed by atoms with Gasteiger partial charge in [0.25, 0.3) is 0 Å². The average Bonchev–Trinajstić information content (AvgIpc) is 2.85. The quantitative estimate of drug-likeness (QED) is 0.507. The highest BCUT2D eigenvalue weighted by molar-refractivity contribution is 5.74. The second kappa shape index (κ2) is 6.20. The number of hydrogen-bond donors (Lipinski definition) is 0. The van der Waals surface area contributed by atoms with Crippen LogP contribution in [0.2, 0.25) is 0 Å². The Bertz CT molecular complexity index is 1180. The number of benzene rings is 2. The van der Waals surface area contributed by atoms with Gasteiger partial charge in [-0.15, -0.1) is 0 Å². The van der Waals surface area contributed by atoms with Crippen LogP contribution >= 0.6 is 0 Å². The van der Waals surface area contributed by atoms with Gasteiger partial charge in [0, 0.05) is 32.3 Å². The molecule has 0 unspecified atom stereocenters. The Labute approximate surface area is 173 Å². The highest BCUT2D eigenvalue weighted by Gasteiger charge is 2.47. The maximum atomic E-state index is 8.15. The Balaban J connectivity index is 1.95. The molecular formula is C26H30NO+. The van der Waals surface area contributed by atoms with Gasteiger partial charge in [0.15, 0.2) is 6.20 Å². The summed E-state index contributed by atoms with van der Waals surface area (Å²) in [6.07, 6.45) is 1.74. The Morgan fingerprint density at radius 1 is 0.929 bits per heavy atom. The molecule has 28 heavy (non-hydrogen) atoms. The first-order valence-electron chi connectivity index (χ1n) is 11.3. The Morgan fingerprint density at radius 3 is 2.39 bits per heavy atom. The van der Waals surface area contributed by atoms with E-state index in [2.05, 4.69) is 52.8 Å². The number of hydrogen-bond acceptors (Lipinski definition) is 1. The van der Waals surface area contributed by atoms with Gasteiger partial charge in [-0.3, -0.25) is 0 Å². The third-order valence-electron chi connectivity index (χ3n) is 6.53. The third kappa shape index (κ3) is 2.74. The average molecular weight is 376 g/mol. The molecule has 0 aliphatic carbocycles. The first-order valence-corrected chi connectivity index (χ1v) is 9.77. The molecule has 1 aromatic heterocycles. The zero-order chi connectivity index (χ0) is 22.8. The largest absolute Gasteiger partial charge is 0.487 e. The van der Waals surface area contributed by atoms with Crippen molar-refractivity contribution in [1.82, 2.24) is 0 Å². The van der Waals surface area contributed by atoms with Crippen LogP contribution in [0, 0.1) is 13.8 Å². The van der Waals surface area contributed by atoms with Crippen LogP contribution < -0.4 is 9.30 Å². The van der Waals surface area contributed by atoms with Crippen LogP contribution in [-0.4, -0.2) is 5.60 Å². The summed E-state index contributed by atoms with van der Waals surface area (Å²) in [7, 11) is 1.90. The smallest absolute Gasteiger partial charge is 0.213 e. The number of pyridine rings is 1. The van der Waals surface area contributed by atoms with Gasteiger partial charge in [0.2, 0.25) is 5.69 Å². The van der Waals surface area contributed by atoms with Crippen molar-refractivity contribution in [1.29, 1.82) is 0 Å². The second-order valence-corrected chi connectivity index (χ2v) is 8.86. The van der Waals surface area contributed by atoms with Gasteiger partial charge >= 0.3 is 0 Å². The number of aryl methyl sites for hydroxylation is 3. The number of fused-ring (bicyclic) bond motifs is 1. The van der Waals surface area contributed by atoms with Crippen molar-refractivity contribution in [2.24, 2.45) is 7.05 Å². The second-order valence-electron chi connectivity index (χ2n) is 8.86. The fourth-order valence-electron chi connectivity index (χ4n) is 4.03. The van der Waals surface area contributed by atoms with Crippen LogP contribution in [0.15, 0.2) is 54.7 Å². The Hall–Kier alpha value is -2.61. The van der Waals surface area contributed by atoms with E-state index in [1.54, 1.807) is 6.20 Å². The van der Waals surface area contributed by atoms with Crippen LogP contribution in [0.5, 0.6) is 5.75 Å². The molecule has 0 saturated carbocycles. The lowest BCUT2D eigenvalue weighted by atomic mass is 9.73. The minimum Gasteiger partial charge on any atom is -0.487 e. The number of ether oxygens (including phenoxy) is 1. The highest BCUT2D eigenvalue weighted by atomic mass is 16.5. The van der Waals surface area contributed by atoms with Crippen molar-refractivity contribution in [3.8, 4) is 28.1 Å². The zero-order valence-corrected chi connectivity index (χ0v) is 17.6. The summed E-state index contributed by atoms with van der Waals surface area (Å²) >= 11 is 0. The number of rotatable bonds is 2. The van der Waals surface area contributed by atoms with E-state index >= 15 is 0 Å². The van der Waals surface area contributed by atoms with Crippen molar-refractivity contribution in [3.63, 3.8) is 0 Å². The minimum absolute atomic E-state index is 0.136. The summed E-state index contributed by atoms with van der Waals surface area (Å²) in [4.78, 5) is 0. The standard InChI is InChI=1S/C26H30NO/c1-17-10-8-9-11-20(17)23-15-21(18(2)16-27(23)7)19-12-13-22-24(14-19)28-26(5,6)25(22,3)4/h8-16H,1-7H3/q+1/i2D3. The molecule has 2 aromatic carbocycles. The lowest BCUT2D eigenvalue weighted by Gasteiger charge is -2.33. The summed E-state index contributed by atoms with van der Waals surface area (Å²) in [6.45, 7) is 8.41. The molecule has 2 heterocycles. The molecule has 3 aromatic rings. The van der Waals surface area contributed by atoms with Gasteiger partial charge in [-0.2, -0.15) is 0 Å². The number of aromatic nitrogens is 1. The third-order valence-corrected chi connectivity index (χ3v) is 6.53. The van der Waals surface area contributed by atoms with Crippen LogP contribution in [0.4, 0.5) is 0 Å². The Morgan fingerprint density at radius 2 is 1.68 bits per heavy atom. The Kier molecular flexibility index (Phi) is 3.39. The van der Waals surface area contributed by atoms with E-state index < -0.39 is 6.85 Å². The van der Waals surface area contributed by atoms with E-state index in [9.17, 15) is 0 Å². The van der Waals surface area contributed by atoms with Gasteiger partial charge in [-0.1, -0.05) is 44.2 Å². The predicted octanol–water partition coefficient (Wildman–Crippen LogP) is 5.91.